The van der Waals surface area contributed by atoms with Gasteiger partial charge in [0, 0.05) is 5.69 Å². The number of halogens is 1. The topological polar surface area (TPSA) is 26.0 Å². The van der Waals surface area contributed by atoms with Crippen molar-refractivity contribution in [3.63, 3.8) is 0 Å². The molecule has 0 fully saturated rings. The lowest BCUT2D eigenvalue weighted by Crippen LogP contribution is -1.85. The molecule has 1 aromatic carbocycles. The van der Waals surface area contributed by atoms with E-state index in [1.54, 1.807) is 0 Å². The summed E-state index contributed by atoms with van der Waals surface area (Å²) in [6.07, 6.45) is 1.06. The van der Waals surface area contributed by atoms with E-state index in [0.717, 1.165) is 12.1 Å². The zero-order valence-electron chi connectivity index (χ0n) is 6.00. The molecule has 56 valence electrons. The standard InChI is InChI=1S/C8H11N.ClH/c1-2-7-4-3-5-8(9)6-7;/h3-6H,2,9H2,1H3;1H. The van der Waals surface area contributed by atoms with Gasteiger partial charge in [0.25, 0.3) is 0 Å². The van der Waals surface area contributed by atoms with E-state index in [-0.39, 0.29) is 12.4 Å². The zero-order valence-corrected chi connectivity index (χ0v) is 6.82. The fourth-order valence-electron chi connectivity index (χ4n) is 0.813. The van der Waals surface area contributed by atoms with Gasteiger partial charge in [-0.15, -0.1) is 12.4 Å². The van der Waals surface area contributed by atoms with Crippen LogP contribution in [0.25, 0.3) is 0 Å². The number of benzene rings is 1. The molecule has 0 aliphatic carbocycles. The van der Waals surface area contributed by atoms with E-state index in [0.29, 0.717) is 0 Å². The second-order valence-electron chi connectivity index (χ2n) is 2.10. The van der Waals surface area contributed by atoms with Crippen LogP contribution >= 0.6 is 12.4 Å². The maximum absolute atomic E-state index is 5.53. The summed E-state index contributed by atoms with van der Waals surface area (Å²) in [4.78, 5) is 0. The maximum atomic E-state index is 5.53. The highest BCUT2D eigenvalue weighted by atomic mass is 35.5. The molecule has 1 rings (SSSR count). The fraction of sp³-hybridized carbons (Fsp3) is 0.250. The normalized spacial score (nSPS) is 8.50. The van der Waals surface area contributed by atoms with Crippen molar-refractivity contribution in [2.45, 2.75) is 13.3 Å². The summed E-state index contributed by atoms with van der Waals surface area (Å²) in [5.74, 6) is 0. The van der Waals surface area contributed by atoms with E-state index in [1.807, 2.05) is 18.2 Å². The van der Waals surface area contributed by atoms with Gasteiger partial charge >= 0.3 is 0 Å². The van der Waals surface area contributed by atoms with Gasteiger partial charge in [-0.1, -0.05) is 19.1 Å². The lowest BCUT2D eigenvalue weighted by atomic mass is 10.1. The average molecular weight is 158 g/mol. The van der Waals surface area contributed by atoms with Crippen molar-refractivity contribution in [2.24, 2.45) is 0 Å². The Labute approximate surface area is 67.7 Å². The van der Waals surface area contributed by atoms with Gasteiger partial charge in [0.15, 0.2) is 0 Å². The van der Waals surface area contributed by atoms with Crippen LogP contribution in [0.4, 0.5) is 5.69 Å². The number of hydrogen-bond acceptors (Lipinski definition) is 1. The van der Waals surface area contributed by atoms with Gasteiger partial charge in [0.05, 0.1) is 0 Å². The lowest BCUT2D eigenvalue weighted by Gasteiger charge is -1.95. The molecule has 0 atom stereocenters. The predicted molar refractivity (Wildman–Crippen MR) is 47.5 cm³/mol. The predicted octanol–water partition coefficient (Wildman–Crippen LogP) is 2.25. The molecule has 10 heavy (non-hydrogen) atoms. The molecule has 0 radical (unpaired) electrons. The Morgan fingerprint density at radius 1 is 1.40 bits per heavy atom. The van der Waals surface area contributed by atoms with Crippen LogP contribution in [0.15, 0.2) is 24.3 Å². The molecule has 0 amide bonds. The number of hydrogen-bond donors (Lipinski definition) is 1. The highest BCUT2D eigenvalue weighted by molar-refractivity contribution is 5.85. The molecule has 0 saturated heterocycles. The van der Waals surface area contributed by atoms with Gasteiger partial charge in [-0.25, -0.2) is 0 Å². The molecule has 1 nitrogen and oxygen atoms in total. The summed E-state index contributed by atoms with van der Waals surface area (Å²) < 4.78 is 0. The molecule has 0 aliphatic rings. The van der Waals surface area contributed by atoms with E-state index in [4.69, 9.17) is 5.73 Å². The Bertz CT molecular complexity index is 198. The van der Waals surface area contributed by atoms with E-state index in [1.165, 1.54) is 5.56 Å². The summed E-state index contributed by atoms with van der Waals surface area (Å²) in [6, 6.07) is 7.96. The van der Waals surface area contributed by atoms with Crippen LogP contribution < -0.4 is 5.73 Å². The van der Waals surface area contributed by atoms with Gasteiger partial charge in [0.1, 0.15) is 0 Å². The monoisotopic (exact) mass is 157 g/mol. The second kappa shape index (κ2) is 4.18. The Kier molecular flexibility index (Phi) is 3.89. The zero-order chi connectivity index (χ0) is 6.69. The Hall–Kier alpha value is -0.690. The summed E-state index contributed by atoms with van der Waals surface area (Å²) in [5.41, 5.74) is 7.69. The van der Waals surface area contributed by atoms with Crippen LogP contribution in [0, 0.1) is 0 Å². The summed E-state index contributed by atoms with van der Waals surface area (Å²) >= 11 is 0. The maximum Gasteiger partial charge on any atom is 0.0316 e. The Balaban J connectivity index is 0.000000810. The molecule has 1 aromatic rings. The first-order chi connectivity index (χ1) is 4.33. The Morgan fingerprint density at radius 2 is 2.10 bits per heavy atom. The van der Waals surface area contributed by atoms with Crippen LogP contribution in [0.3, 0.4) is 0 Å². The largest absolute Gasteiger partial charge is 0.399 e. The molecule has 0 unspecified atom stereocenters. The van der Waals surface area contributed by atoms with Crippen molar-refractivity contribution < 1.29 is 0 Å². The van der Waals surface area contributed by atoms with Crippen molar-refractivity contribution in [2.75, 3.05) is 5.73 Å². The number of rotatable bonds is 1. The molecular formula is C8H12ClN. The number of nitrogens with two attached hydrogens (primary N) is 1. The van der Waals surface area contributed by atoms with Gasteiger partial charge in [-0.3, -0.25) is 0 Å². The quantitative estimate of drug-likeness (QED) is 0.622. The fourth-order valence-corrected chi connectivity index (χ4v) is 0.813. The van der Waals surface area contributed by atoms with Crippen LogP contribution in [0.1, 0.15) is 12.5 Å². The molecule has 0 heterocycles. The molecule has 2 heteroatoms. The lowest BCUT2D eigenvalue weighted by molar-refractivity contribution is 1.14. The summed E-state index contributed by atoms with van der Waals surface area (Å²) in [7, 11) is 0. The van der Waals surface area contributed by atoms with E-state index in [2.05, 4.69) is 13.0 Å². The number of nitrogen functional groups attached to an aromatic ring is 1. The van der Waals surface area contributed by atoms with Crippen LogP contribution in [0.5, 0.6) is 0 Å². The third kappa shape index (κ3) is 2.28. The van der Waals surface area contributed by atoms with Crippen molar-refractivity contribution in [3.05, 3.63) is 29.8 Å². The third-order valence-corrected chi connectivity index (χ3v) is 1.36. The second-order valence-corrected chi connectivity index (χ2v) is 2.10. The van der Waals surface area contributed by atoms with Gasteiger partial charge < -0.3 is 5.73 Å². The smallest absolute Gasteiger partial charge is 0.0316 e. The SMILES string of the molecule is CCc1cccc(N)c1.Cl. The molecule has 0 bridgehead atoms. The van der Waals surface area contributed by atoms with E-state index < -0.39 is 0 Å². The third-order valence-electron chi connectivity index (χ3n) is 1.36. The first-order valence-corrected chi connectivity index (χ1v) is 3.17. The highest BCUT2D eigenvalue weighted by Gasteiger charge is 1.86. The van der Waals surface area contributed by atoms with E-state index in [9.17, 15) is 0 Å². The van der Waals surface area contributed by atoms with E-state index >= 15 is 0 Å². The molecule has 0 spiro atoms. The number of aryl methyl sites for hydroxylation is 1. The van der Waals surface area contributed by atoms with Gasteiger partial charge in [0.2, 0.25) is 0 Å². The minimum atomic E-state index is 0. The van der Waals surface area contributed by atoms with Crippen LogP contribution in [-0.2, 0) is 6.42 Å². The van der Waals surface area contributed by atoms with Crippen LogP contribution in [-0.4, -0.2) is 0 Å². The first-order valence-electron chi connectivity index (χ1n) is 3.17. The minimum Gasteiger partial charge on any atom is -0.399 e. The van der Waals surface area contributed by atoms with Crippen LogP contribution in [0.2, 0.25) is 0 Å². The first kappa shape index (κ1) is 9.31. The van der Waals surface area contributed by atoms with Gasteiger partial charge in [-0.05, 0) is 24.1 Å². The summed E-state index contributed by atoms with van der Waals surface area (Å²) in [5, 5.41) is 0. The van der Waals surface area contributed by atoms with Crippen molar-refractivity contribution in [1.29, 1.82) is 0 Å². The van der Waals surface area contributed by atoms with Crippen molar-refractivity contribution in [1.82, 2.24) is 0 Å². The van der Waals surface area contributed by atoms with Gasteiger partial charge in [-0.2, -0.15) is 0 Å². The van der Waals surface area contributed by atoms with Crippen molar-refractivity contribution in [3.8, 4) is 0 Å². The molecule has 0 saturated carbocycles. The number of anilines is 1. The molecule has 2 N–H and O–H groups in total. The van der Waals surface area contributed by atoms with Crippen molar-refractivity contribution >= 4 is 18.1 Å². The molecule has 0 aromatic heterocycles. The summed E-state index contributed by atoms with van der Waals surface area (Å²) in [6.45, 7) is 2.12. The molecular weight excluding hydrogens is 146 g/mol. The minimum absolute atomic E-state index is 0. The Morgan fingerprint density at radius 3 is 2.50 bits per heavy atom. The average Bonchev–Trinajstić information content (AvgIpc) is 1.88. The highest BCUT2D eigenvalue weighted by Crippen LogP contribution is 2.05. The molecule has 0 aliphatic heterocycles.